The second-order valence-corrected chi connectivity index (χ2v) is 6.65. The fourth-order valence-electron chi connectivity index (χ4n) is 2.41. The summed E-state index contributed by atoms with van der Waals surface area (Å²) >= 11 is 2.05. The van der Waals surface area contributed by atoms with E-state index in [9.17, 15) is 19.5 Å². The Labute approximate surface area is 142 Å². The Hall–Kier alpha value is -1.64. The van der Waals surface area contributed by atoms with E-state index in [4.69, 9.17) is 0 Å². The second-order valence-electron chi connectivity index (χ2n) is 5.49. The van der Waals surface area contributed by atoms with Gasteiger partial charge in [0.05, 0.1) is 5.69 Å². The Morgan fingerprint density at radius 2 is 2.09 bits per heavy atom. The lowest BCUT2D eigenvalue weighted by atomic mass is 10.0. The normalized spacial score (nSPS) is 18.3. The van der Waals surface area contributed by atoms with E-state index in [2.05, 4.69) is 27.9 Å². The minimum absolute atomic E-state index is 0.140. The summed E-state index contributed by atoms with van der Waals surface area (Å²) in [4.78, 5) is 36.1. The van der Waals surface area contributed by atoms with Crippen molar-refractivity contribution < 1.29 is 19.5 Å². The molecule has 1 atom stereocenters. The topological polar surface area (TPSA) is 86.7 Å². The van der Waals surface area contributed by atoms with Crippen LogP contribution in [0.4, 0.5) is 10.5 Å². The van der Waals surface area contributed by atoms with E-state index >= 15 is 0 Å². The summed E-state index contributed by atoms with van der Waals surface area (Å²) in [6.07, 6.45) is -0.868. The van der Waals surface area contributed by atoms with Crippen molar-refractivity contribution in [2.24, 2.45) is 0 Å². The zero-order valence-electron chi connectivity index (χ0n) is 12.3. The number of carbonyl (C=O) groups is 3. The molecular weight excluding hydrogens is 399 g/mol. The lowest BCUT2D eigenvalue weighted by molar-refractivity contribution is -0.134. The van der Waals surface area contributed by atoms with Gasteiger partial charge >= 0.3 is 6.09 Å². The van der Waals surface area contributed by atoms with Gasteiger partial charge in [0.15, 0.2) is 0 Å². The van der Waals surface area contributed by atoms with Crippen LogP contribution < -0.4 is 10.2 Å². The molecule has 1 aliphatic rings. The highest BCUT2D eigenvalue weighted by Crippen LogP contribution is 2.30. The number of hydrogen-bond donors (Lipinski definition) is 2. The maximum absolute atomic E-state index is 12.0. The van der Waals surface area contributed by atoms with Crippen LogP contribution in [0.1, 0.15) is 38.2 Å². The van der Waals surface area contributed by atoms with Crippen molar-refractivity contribution in [1.82, 2.24) is 5.32 Å². The number of amides is 3. The Bertz CT molecular complexity index is 630. The average molecular weight is 416 g/mol. The molecule has 118 valence electrons. The molecule has 22 heavy (non-hydrogen) atoms. The average Bonchev–Trinajstić information content (AvgIpc) is 2.42. The maximum Gasteiger partial charge on any atom is 0.412 e. The minimum atomic E-state index is -1.20. The van der Waals surface area contributed by atoms with Crippen LogP contribution in [0.5, 0.6) is 0 Å². The summed E-state index contributed by atoms with van der Waals surface area (Å²) in [5.41, 5.74) is 1.47. The summed E-state index contributed by atoms with van der Waals surface area (Å²) in [6, 6.07) is 4.70. The fraction of sp³-hybridized carbons (Fsp3) is 0.400. The smallest absolute Gasteiger partial charge is 0.412 e. The van der Waals surface area contributed by atoms with Gasteiger partial charge in [-0.3, -0.25) is 19.8 Å². The van der Waals surface area contributed by atoms with Crippen LogP contribution in [0.15, 0.2) is 18.2 Å². The van der Waals surface area contributed by atoms with Gasteiger partial charge in [-0.05, 0) is 52.6 Å². The highest BCUT2D eigenvalue weighted by molar-refractivity contribution is 14.1. The fourth-order valence-corrected chi connectivity index (χ4v) is 3.00. The van der Waals surface area contributed by atoms with Crippen LogP contribution >= 0.6 is 22.6 Å². The molecule has 0 saturated carbocycles. The van der Waals surface area contributed by atoms with Crippen molar-refractivity contribution in [3.05, 3.63) is 27.3 Å². The van der Waals surface area contributed by atoms with E-state index in [-0.39, 0.29) is 24.7 Å². The van der Waals surface area contributed by atoms with Crippen LogP contribution in [-0.2, 0) is 9.59 Å². The molecule has 1 fully saturated rings. The van der Waals surface area contributed by atoms with E-state index in [1.54, 1.807) is 6.07 Å². The molecule has 1 heterocycles. The van der Waals surface area contributed by atoms with Gasteiger partial charge in [-0.1, -0.05) is 19.9 Å². The number of imide groups is 1. The van der Waals surface area contributed by atoms with Gasteiger partial charge in [-0.25, -0.2) is 4.79 Å². The zero-order chi connectivity index (χ0) is 16.4. The lowest BCUT2D eigenvalue weighted by Crippen LogP contribution is -2.54. The van der Waals surface area contributed by atoms with Crippen molar-refractivity contribution in [3.8, 4) is 0 Å². The molecule has 3 amide bonds. The predicted octanol–water partition coefficient (Wildman–Crippen LogP) is 2.70. The van der Waals surface area contributed by atoms with Crippen LogP contribution in [0, 0.1) is 3.57 Å². The monoisotopic (exact) mass is 416 g/mol. The first kappa shape index (κ1) is 16.7. The summed E-state index contributed by atoms with van der Waals surface area (Å²) in [7, 11) is 0. The van der Waals surface area contributed by atoms with E-state index in [1.807, 2.05) is 26.0 Å². The predicted molar refractivity (Wildman–Crippen MR) is 89.9 cm³/mol. The summed E-state index contributed by atoms with van der Waals surface area (Å²) in [5.74, 6) is -0.685. The van der Waals surface area contributed by atoms with Crippen LogP contribution in [-0.4, -0.2) is 29.1 Å². The molecular formula is C15H17IN2O4. The Kier molecular flexibility index (Phi) is 5.05. The van der Waals surface area contributed by atoms with Crippen molar-refractivity contribution >= 4 is 46.2 Å². The molecule has 1 aromatic carbocycles. The van der Waals surface area contributed by atoms with E-state index in [1.165, 1.54) is 0 Å². The highest BCUT2D eigenvalue weighted by atomic mass is 127. The first-order valence-corrected chi connectivity index (χ1v) is 8.04. The number of rotatable bonds is 3. The van der Waals surface area contributed by atoms with Gasteiger partial charge in [-0.2, -0.15) is 0 Å². The van der Waals surface area contributed by atoms with Gasteiger partial charge in [0.1, 0.15) is 6.04 Å². The Balaban J connectivity index is 2.44. The summed E-state index contributed by atoms with van der Waals surface area (Å²) in [6.45, 7) is 4.03. The number of piperidine rings is 1. The maximum atomic E-state index is 12.0. The Morgan fingerprint density at radius 1 is 1.41 bits per heavy atom. The summed E-state index contributed by atoms with van der Waals surface area (Å²) in [5, 5.41) is 11.8. The number of nitrogens with one attached hydrogen (secondary N) is 1. The number of hydrogen-bond acceptors (Lipinski definition) is 3. The number of benzene rings is 1. The number of nitrogens with zero attached hydrogens (tertiary/aromatic N) is 1. The SMILES string of the molecule is CC(C)c1ccc(I)c(N(C(=O)O)C2CCC(=O)NC2=O)c1. The molecule has 1 aliphatic heterocycles. The molecule has 7 heteroatoms. The molecule has 0 bridgehead atoms. The molecule has 2 N–H and O–H groups in total. The van der Waals surface area contributed by atoms with Crippen molar-refractivity contribution in [2.75, 3.05) is 4.90 Å². The Morgan fingerprint density at radius 3 is 2.64 bits per heavy atom. The van der Waals surface area contributed by atoms with Gasteiger partial charge in [-0.15, -0.1) is 0 Å². The molecule has 0 radical (unpaired) electrons. The number of anilines is 1. The molecule has 0 spiro atoms. The van der Waals surface area contributed by atoms with Crippen molar-refractivity contribution in [1.29, 1.82) is 0 Å². The molecule has 0 aliphatic carbocycles. The van der Waals surface area contributed by atoms with Crippen LogP contribution in [0.25, 0.3) is 0 Å². The highest BCUT2D eigenvalue weighted by Gasteiger charge is 2.36. The molecule has 2 rings (SSSR count). The number of carbonyl (C=O) groups excluding carboxylic acids is 2. The largest absolute Gasteiger partial charge is 0.465 e. The molecule has 1 saturated heterocycles. The third-order valence-corrected chi connectivity index (χ3v) is 4.54. The van der Waals surface area contributed by atoms with Crippen LogP contribution in [0.2, 0.25) is 0 Å². The zero-order valence-corrected chi connectivity index (χ0v) is 14.5. The first-order valence-electron chi connectivity index (χ1n) is 6.96. The van der Waals surface area contributed by atoms with E-state index in [0.29, 0.717) is 5.69 Å². The first-order chi connectivity index (χ1) is 10.3. The minimum Gasteiger partial charge on any atom is -0.465 e. The number of carboxylic acid groups (broad SMARTS) is 1. The molecule has 1 aromatic rings. The van der Waals surface area contributed by atoms with Crippen molar-refractivity contribution in [2.45, 2.75) is 38.6 Å². The van der Waals surface area contributed by atoms with Gasteiger partial charge in [0, 0.05) is 9.99 Å². The molecule has 1 unspecified atom stereocenters. The van der Waals surface area contributed by atoms with Gasteiger partial charge in [0.25, 0.3) is 0 Å². The lowest BCUT2D eigenvalue weighted by Gasteiger charge is -2.31. The van der Waals surface area contributed by atoms with Gasteiger partial charge in [0.2, 0.25) is 11.8 Å². The third-order valence-electron chi connectivity index (χ3n) is 3.62. The quantitative estimate of drug-likeness (QED) is 0.586. The van der Waals surface area contributed by atoms with Crippen LogP contribution in [0.3, 0.4) is 0 Å². The van der Waals surface area contributed by atoms with E-state index < -0.39 is 18.0 Å². The van der Waals surface area contributed by atoms with Crippen molar-refractivity contribution in [3.63, 3.8) is 0 Å². The summed E-state index contributed by atoms with van der Waals surface area (Å²) < 4.78 is 0.745. The molecule has 0 aromatic heterocycles. The number of halogens is 1. The van der Waals surface area contributed by atoms with E-state index in [0.717, 1.165) is 14.0 Å². The standard InChI is InChI=1S/C15H17IN2O4/c1-8(2)9-3-4-10(16)12(7-9)18(15(21)22)11-5-6-13(19)17-14(11)20/h3-4,7-8,11H,5-6H2,1-2H3,(H,21,22)(H,17,19,20). The third kappa shape index (κ3) is 3.40. The molecule has 6 nitrogen and oxygen atoms in total. The van der Waals surface area contributed by atoms with Gasteiger partial charge < -0.3 is 5.11 Å². The second kappa shape index (κ2) is 6.64.